The molecule has 2 aromatic carbocycles. The molecule has 0 N–H and O–H groups in total. The lowest BCUT2D eigenvalue weighted by molar-refractivity contribution is 0.482. The molecule has 88 valence electrons. The highest BCUT2D eigenvalue weighted by Gasteiger charge is 2.17. The summed E-state index contributed by atoms with van der Waals surface area (Å²) in [6.45, 7) is -1.59. The van der Waals surface area contributed by atoms with E-state index in [1.807, 2.05) is 18.2 Å². The van der Waals surface area contributed by atoms with Gasteiger partial charge in [-0.25, -0.2) is 4.39 Å². The van der Waals surface area contributed by atoms with Crippen molar-refractivity contribution in [2.24, 2.45) is 0 Å². The summed E-state index contributed by atoms with van der Waals surface area (Å²) in [5.74, 6) is 0.520. The van der Waals surface area contributed by atoms with Crippen molar-refractivity contribution in [3.05, 3.63) is 54.3 Å². The lowest BCUT2D eigenvalue weighted by Gasteiger charge is -2.11. The highest BCUT2D eigenvalue weighted by atomic mass is 35.9. The Labute approximate surface area is 109 Å². The van der Waals surface area contributed by atoms with Crippen LogP contribution >= 0.6 is 29.1 Å². The first-order valence-electron chi connectivity index (χ1n) is 4.81. The Hall–Kier alpha value is -0.820. The van der Waals surface area contributed by atoms with Gasteiger partial charge < -0.3 is 4.74 Å². The lowest BCUT2D eigenvalue weighted by atomic mass is 10.3. The van der Waals surface area contributed by atoms with Gasteiger partial charge in [-0.2, -0.15) is 0 Å². The molecule has 0 aliphatic rings. The van der Waals surface area contributed by atoms with Crippen LogP contribution in [0.15, 0.2) is 48.5 Å². The normalized spacial score (nSPS) is 10.6. The fourth-order valence-corrected chi connectivity index (χ4v) is 2.86. The van der Waals surface area contributed by atoms with Crippen molar-refractivity contribution in [3.8, 4) is 11.5 Å². The van der Waals surface area contributed by atoms with Crippen LogP contribution in [0, 0.1) is 5.82 Å². The quantitative estimate of drug-likeness (QED) is 0.720. The zero-order chi connectivity index (χ0) is 12.3. The zero-order valence-electron chi connectivity index (χ0n) is 8.61. The van der Waals surface area contributed by atoms with Gasteiger partial charge in [-0.15, -0.1) is 0 Å². The van der Waals surface area contributed by atoms with Crippen molar-refractivity contribution in [2.75, 3.05) is 0 Å². The number of rotatable bonds is 3. The van der Waals surface area contributed by atoms with Crippen molar-refractivity contribution in [1.82, 2.24) is 0 Å². The number of ether oxygens (including phenoxy) is 1. The molecule has 0 spiro atoms. The fraction of sp³-hybridized carbons (Fsp3) is 0. The van der Waals surface area contributed by atoms with Crippen LogP contribution in [0.3, 0.4) is 0 Å². The standard InChI is InChI=1S/C12H8Cl2FOP/c13-17(14)12-10(15)7-4-8-11(12)16-9-5-2-1-3-6-9/h1-8H. The molecule has 2 aromatic rings. The van der Waals surface area contributed by atoms with Crippen molar-refractivity contribution in [2.45, 2.75) is 0 Å². The summed E-state index contributed by atoms with van der Waals surface area (Å²) in [6, 6.07) is 13.6. The highest BCUT2D eigenvalue weighted by Crippen LogP contribution is 2.49. The van der Waals surface area contributed by atoms with E-state index < -0.39 is 12.4 Å². The summed E-state index contributed by atoms with van der Waals surface area (Å²) in [5.41, 5.74) is 0. The SMILES string of the molecule is Fc1cccc(Oc2ccccc2)c1P(Cl)Cl. The van der Waals surface area contributed by atoms with Crippen LogP contribution in [0.2, 0.25) is 0 Å². The first-order valence-corrected chi connectivity index (χ1v) is 7.97. The van der Waals surface area contributed by atoms with Crippen LogP contribution < -0.4 is 10.0 Å². The summed E-state index contributed by atoms with van der Waals surface area (Å²) in [4.78, 5) is 0. The van der Waals surface area contributed by atoms with Gasteiger partial charge >= 0.3 is 0 Å². The number of hydrogen-bond acceptors (Lipinski definition) is 1. The number of benzene rings is 2. The summed E-state index contributed by atoms with van der Waals surface area (Å²) >= 11 is 11.6. The van der Waals surface area contributed by atoms with Gasteiger partial charge in [0.25, 0.3) is 0 Å². The number of hydrogen-bond donors (Lipinski definition) is 0. The van der Waals surface area contributed by atoms with Gasteiger partial charge in [-0.05, 0) is 24.3 Å². The number of halogens is 3. The van der Waals surface area contributed by atoms with E-state index in [1.165, 1.54) is 6.07 Å². The maximum atomic E-state index is 13.6. The van der Waals surface area contributed by atoms with Crippen molar-refractivity contribution in [3.63, 3.8) is 0 Å². The molecular formula is C12H8Cl2FOP. The van der Waals surface area contributed by atoms with Crippen molar-refractivity contribution < 1.29 is 9.13 Å². The van der Waals surface area contributed by atoms with E-state index in [4.69, 9.17) is 27.2 Å². The Bertz CT molecular complexity index is 505. The van der Waals surface area contributed by atoms with E-state index in [9.17, 15) is 4.39 Å². The van der Waals surface area contributed by atoms with Gasteiger partial charge in [-0.3, -0.25) is 0 Å². The summed E-state index contributed by atoms with van der Waals surface area (Å²) in [7, 11) is 0. The molecule has 5 heteroatoms. The smallest absolute Gasteiger partial charge is 0.140 e. The van der Waals surface area contributed by atoms with Crippen molar-refractivity contribution in [1.29, 1.82) is 0 Å². The Morgan fingerprint density at radius 1 is 0.941 bits per heavy atom. The van der Waals surface area contributed by atoms with Crippen LogP contribution in [-0.2, 0) is 0 Å². The molecule has 0 atom stereocenters. The van der Waals surface area contributed by atoms with Crippen LogP contribution in [0.5, 0.6) is 11.5 Å². The summed E-state index contributed by atoms with van der Waals surface area (Å²) in [6.07, 6.45) is 0. The van der Waals surface area contributed by atoms with Gasteiger partial charge in [-0.1, -0.05) is 46.7 Å². The Morgan fingerprint density at radius 2 is 1.65 bits per heavy atom. The molecule has 0 saturated heterocycles. The molecule has 0 aromatic heterocycles. The molecule has 0 radical (unpaired) electrons. The minimum Gasteiger partial charge on any atom is -0.457 e. The Kier molecular flexibility index (Phi) is 4.22. The van der Waals surface area contributed by atoms with Gasteiger partial charge in [0.15, 0.2) is 0 Å². The maximum absolute atomic E-state index is 13.6. The first-order chi connectivity index (χ1) is 8.18. The van der Waals surface area contributed by atoms with Crippen molar-refractivity contribution >= 4 is 34.4 Å². The molecule has 0 aliphatic carbocycles. The van der Waals surface area contributed by atoms with Gasteiger partial charge in [0.1, 0.15) is 23.9 Å². The average Bonchev–Trinajstić information content (AvgIpc) is 2.30. The zero-order valence-corrected chi connectivity index (χ0v) is 11.0. The number of para-hydroxylation sites is 1. The van der Waals surface area contributed by atoms with E-state index >= 15 is 0 Å². The molecule has 0 fully saturated rings. The average molecular weight is 289 g/mol. The molecule has 2 rings (SSSR count). The molecular weight excluding hydrogens is 281 g/mol. The monoisotopic (exact) mass is 288 g/mol. The van der Waals surface area contributed by atoms with E-state index in [0.29, 0.717) is 11.5 Å². The topological polar surface area (TPSA) is 9.23 Å². The largest absolute Gasteiger partial charge is 0.457 e. The van der Waals surface area contributed by atoms with E-state index in [2.05, 4.69) is 0 Å². The maximum Gasteiger partial charge on any atom is 0.140 e. The van der Waals surface area contributed by atoms with E-state index in [-0.39, 0.29) is 5.30 Å². The van der Waals surface area contributed by atoms with Crippen LogP contribution in [-0.4, -0.2) is 0 Å². The molecule has 0 amide bonds. The molecule has 0 saturated carbocycles. The molecule has 0 aliphatic heterocycles. The molecule has 0 unspecified atom stereocenters. The molecule has 0 heterocycles. The second-order valence-electron chi connectivity index (χ2n) is 3.23. The van der Waals surface area contributed by atoms with Crippen LogP contribution in [0.25, 0.3) is 0 Å². The molecule has 0 bridgehead atoms. The second-order valence-corrected chi connectivity index (χ2v) is 6.70. The van der Waals surface area contributed by atoms with E-state index in [1.54, 1.807) is 24.3 Å². The van der Waals surface area contributed by atoms with E-state index in [0.717, 1.165) is 0 Å². The summed E-state index contributed by atoms with van der Waals surface area (Å²) < 4.78 is 19.1. The van der Waals surface area contributed by atoms with Crippen LogP contribution in [0.1, 0.15) is 0 Å². The minimum absolute atomic E-state index is 0.217. The lowest BCUT2D eigenvalue weighted by Crippen LogP contribution is -2.06. The second kappa shape index (κ2) is 5.68. The van der Waals surface area contributed by atoms with Gasteiger partial charge in [0.2, 0.25) is 0 Å². The Balaban J connectivity index is 2.36. The van der Waals surface area contributed by atoms with Gasteiger partial charge in [0, 0.05) is 0 Å². The third-order valence-electron chi connectivity index (χ3n) is 2.09. The van der Waals surface area contributed by atoms with Gasteiger partial charge in [0.05, 0.1) is 5.30 Å². The molecule has 1 nitrogen and oxygen atoms in total. The third-order valence-corrected chi connectivity index (χ3v) is 3.88. The molecule has 17 heavy (non-hydrogen) atoms. The Morgan fingerprint density at radius 3 is 2.29 bits per heavy atom. The third kappa shape index (κ3) is 3.10. The van der Waals surface area contributed by atoms with Crippen LogP contribution in [0.4, 0.5) is 4.39 Å². The highest BCUT2D eigenvalue weighted by molar-refractivity contribution is 8.09. The first kappa shape index (κ1) is 12.6. The predicted molar refractivity (Wildman–Crippen MR) is 71.2 cm³/mol. The predicted octanol–water partition coefficient (Wildman–Crippen LogP) is 5.03. The summed E-state index contributed by atoms with van der Waals surface area (Å²) in [5, 5.41) is 0.217. The minimum atomic E-state index is -1.59. The fourth-order valence-electron chi connectivity index (χ4n) is 1.36.